The molecule has 1 aliphatic heterocycles. The molecule has 3 heteroatoms. The molecule has 2 aromatic rings. The van der Waals surface area contributed by atoms with Crippen molar-refractivity contribution in [3.8, 4) is 0 Å². The summed E-state index contributed by atoms with van der Waals surface area (Å²) in [6, 6.07) is 13.0. The zero-order chi connectivity index (χ0) is 14.1. The molecule has 0 spiro atoms. The minimum Gasteiger partial charge on any atom is -0.481 e. The van der Waals surface area contributed by atoms with Gasteiger partial charge in [-0.05, 0) is 42.3 Å². The number of hydrogen-bond donors (Lipinski definition) is 1. The van der Waals surface area contributed by atoms with E-state index >= 15 is 0 Å². The van der Waals surface area contributed by atoms with Crippen LogP contribution < -0.4 is 0 Å². The van der Waals surface area contributed by atoms with Crippen molar-refractivity contribution < 1.29 is 9.90 Å². The quantitative estimate of drug-likeness (QED) is 0.931. The first kappa shape index (κ1) is 13.1. The van der Waals surface area contributed by atoms with E-state index < -0.39 is 5.97 Å². The highest BCUT2D eigenvalue weighted by Crippen LogP contribution is 2.22. The summed E-state index contributed by atoms with van der Waals surface area (Å²) >= 11 is 0. The molecule has 0 radical (unpaired) electrons. The summed E-state index contributed by atoms with van der Waals surface area (Å²) in [5.41, 5.74) is 2.53. The van der Waals surface area contributed by atoms with E-state index in [9.17, 15) is 4.79 Å². The van der Waals surface area contributed by atoms with Crippen molar-refractivity contribution in [2.75, 3.05) is 13.1 Å². The van der Waals surface area contributed by atoms with E-state index in [2.05, 4.69) is 48.2 Å². The number of aliphatic carboxylic acids is 1. The van der Waals surface area contributed by atoms with E-state index in [1.807, 2.05) is 0 Å². The SMILES string of the molecule is Cc1ccc2cc(CN3CCC(C(=O)O)C3)ccc2c1. The van der Waals surface area contributed by atoms with Crippen LogP contribution in [0, 0.1) is 12.8 Å². The van der Waals surface area contributed by atoms with Crippen molar-refractivity contribution >= 4 is 16.7 Å². The maximum Gasteiger partial charge on any atom is 0.307 e. The molecule has 1 saturated heterocycles. The molecule has 1 heterocycles. The van der Waals surface area contributed by atoms with E-state index in [1.165, 1.54) is 21.9 Å². The molecule has 20 heavy (non-hydrogen) atoms. The molecule has 1 fully saturated rings. The minimum absolute atomic E-state index is 0.196. The van der Waals surface area contributed by atoms with Gasteiger partial charge in [0.1, 0.15) is 0 Å². The van der Waals surface area contributed by atoms with E-state index in [0.717, 1.165) is 19.5 Å². The molecule has 2 aromatic carbocycles. The number of hydrogen-bond acceptors (Lipinski definition) is 2. The van der Waals surface area contributed by atoms with Crippen molar-refractivity contribution in [3.63, 3.8) is 0 Å². The number of fused-ring (bicyclic) bond motifs is 1. The van der Waals surface area contributed by atoms with Gasteiger partial charge in [-0.1, -0.05) is 35.9 Å². The van der Waals surface area contributed by atoms with Crippen LogP contribution in [0.25, 0.3) is 10.8 Å². The van der Waals surface area contributed by atoms with Crippen LogP contribution in [0.15, 0.2) is 36.4 Å². The molecular formula is C17H19NO2. The molecule has 1 unspecified atom stereocenters. The number of nitrogens with zero attached hydrogens (tertiary/aromatic N) is 1. The highest BCUT2D eigenvalue weighted by atomic mass is 16.4. The first-order valence-corrected chi connectivity index (χ1v) is 7.06. The van der Waals surface area contributed by atoms with Crippen molar-refractivity contribution in [2.45, 2.75) is 19.9 Å². The van der Waals surface area contributed by atoms with Crippen LogP contribution in [0.4, 0.5) is 0 Å². The molecule has 1 N–H and O–H groups in total. The Morgan fingerprint density at radius 3 is 2.75 bits per heavy atom. The number of aryl methyl sites for hydroxylation is 1. The van der Waals surface area contributed by atoms with Crippen LogP contribution in [-0.4, -0.2) is 29.1 Å². The maximum atomic E-state index is 11.0. The predicted octanol–water partition coefficient (Wildman–Crippen LogP) is 3.05. The molecule has 3 nitrogen and oxygen atoms in total. The fourth-order valence-corrected chi connectivity index (χ4v) is 2.95. The molecule has 1 aliphatic rings. The molecule has 0 saturated carbocycles. The largest absolute Gasteiger partial charge is 0.481 e. The summed E-state index contributed by atoms with van der Waals surface area (Å²) < 4.78 is 0. The van der Waals surface area contributed by atoms with E-state index in [-0.39, 0.29) is 5.92 Å². The molecule has 0 aromatic heterocycles. The molecular weight excluding hydrogens is 250 g/mol. The number of carbonyl (C=O) groups is 1. The van der Waals surface area contributed by atoms with E-state index in [1.54, 1.807) is 0 Å². The summed E-state index contributed by atoms with van der Waals surface area (Å²) in [7, 11) is 0. The Kier molecular flexibility index (Phi) is 3.45. The number of carboxylic acids is 1. The first-order chi connectivity index (χ1) is 9.61. The summed E-state index contributed by atoms with van der Waals surface area (Å²) in [5.74, 6) is -0.861. The average Bonchev–Trinajstić information content (AvgIpc) is 2.88. The Hall–Kier alpha value is -1.87. The summed E-state index contributed by atoms with van der Waals surface area (Å²) in [6.07, 6.45) is 0.766. The van der Waals surface area contributed by atoms with Crippen molar-refractivity contribution in [1.82, 2.24) is 4.90 Å². The van der Waals surface area contributed by atoms with Gasteiger partial charge in [0.15, 0.2) is 0 Å². The standard InChI is InChI=1S/C17H19NO2/c1-12-2-4-15-9-13(3-5-14(15)8-12)10-18-7-6-16(11-18)17(19)20/h2-5,8-9,16H,6-7,10-11H2,1H3,(H,19,20). The van der Waals surface area contributed by atoms with Crippen molar-refractivity contribution in [2.24, 2.45) is 5.92 Å². The Morgan fingerprint density at radius 1 is 1.25 bits per heavy atom. The normalized spacial score (nSPS) is 19.6. The van der Waals surface area contributed by atoms with Crippen LogP contribution in [0.3, 0.4) is 0 Å². The molecule has 0 aliphatic carbocycles. The van der Waals surface area contributed by atoms with Gasteiger partial charge in [-0.15, -0.1) is 0 Å². The monoisotopic (exact) mass is 269 g/mol. The second-order valence-corrected chi connectivity index (χ2v) is 5.74. The molecule has 104 valence electrons. The number of rotatable bonds is 3. The van der Waals surface area contributed by atoms with Gasteiger partial charge in [0.25, 0.3) is 0 Å². The fourth-order valence-electron chi connectivity index (χ4n) is 2.95. The van der Waals surface area contributed by atoms with Gasteiger partial charge in [-0.25, -0.2) is 0 Å². The maximum absolute atomic E-state index is 11.0. The van der Waals surface area contributed by atoms with E-state index in [4.69, 9.17) is 5.11 Å². The Labute approximate surface area is 118 Å². The van der Waals surface area contributed by atoms with Gasteiger partial charge >= 0.3 is 5.97 Å². The number of carboxylic acid groups (broad SMARTS) is 1. The van der Waals surface area contributed by atoms with Gasteiger partial charge in [-0.3, -0.25) is 9.69 Å². The summed E-state index contributed by atoms with van der Waals surface area (Å²) in [6.45, 7) is 4.49. The van der Waals surface area contributed by atoms with E-state index in [0.29, 0.717) is 6.54 Å². The lowest BCUT2D eigenvalue weighted by atomic mass is 10.0. The minimum atomic E-state index is -0.665. The second kappa shape index (κ2) is 5.25. The van der Waals surface area contributed by atoms with Crippen LogP contribution in [0.5, 0.6) is 0 Å². The van der Waals surface area contributed by atoms with Gasteiger partial charge < -0.3 is 5.11 Å². The lowest BCUT2D eigenvalue weighted by Gasteiger charge is -2.15. The Balaban J connectivity index is 1.75. The average molecular weight is 269 g/mol. The number of likely N-dealkylation sites (tertiary alicyclic amines) is 1. The van der Waals surface area contributed by atoms with Crippen LogP contribution in [-0.2, 0) is 11.3 Å². The Bertz CT molecular complexity index is 650. The van der Waals surface area contributed by atoms with Crippen molar-refractivity contribution in [3.05, 3.63) is 47.5 Å². The fraction of sp³-hybridized carbons (Fsp3) is 0.353. The molecule has 1 atom stereocenters. The zero-order valence-electron chi connectivity index (χ0n) is 11.7. The van der Waals surface area contributed by atoms with Crippen molar-refractivity contribution in [1.29, 1.82) is 0 Å². The molecule has 3 rings (SSSR count). The van der Waals surface area contributed by atoms with Gasteiger partial charge in [-0.2, -0.15) is 0 Å². The third-order valence-electron chi connectivity index (χ3n) is 4.09. The smallest absolute Gasteiger partial charge is 0.307 e. The highest BCUT2D eigenvalue weighted by Gasteiger charge is 2.27. The lowest BCUT2D eigenvalue weighted by molar-refractivity contribution is -0.141. The second-order valence-electron chi connectivity index (χ2n) is 5.74. The molecule has 0 amide bonds. The Morgan fingerprint density at radius 2 is 2.00 bits per heavy atom. The third-order valence-corrected chi connectivity index (χ3v) is 4.09. The van der Waals surface area contributed by atoms with Gasteiger partial charge in [0.05, 0.1) is 5.92 Å². The molecule has 0 bridgehead atoms. The summed E-state index contributed by atoms with van der Waals surface area (Å²) in [5, 5.41) is 11.6. The lowest BCUT2D eigenvalue weighted by Crippen LogP contribution is -2.22. The third kappa shape index (κ3) is 2.68. The van der Waals surface area contributed by atoms with Gasteiger partial charge in [0.2, 0.25) is 0 Å². The van der Waals surface area contributed by atoms with Crippen LogP contribution >= 0.6 is 0 Å². The zero-order valence-corrected chi connectivity index (χ0v) is 11.7. The topological polar surface area (TPSA) is 40.5 Å². The van der Waals surface area contributed by atoms with Crippen LogP contribution in [0.2, 0.25) is 0 Å². The summed E-state index contributed by atoms with van der Waals surface area (Å²) in [4.78, 5) is 13.2. The van der Waals surface area contributed by atoms with Gasteiger partial charge in [0, 0.05) is 13.1 Å². The number of benzene rings is 2. The predicted molar refractivity (Wildman–Crippen MR) is 79.7 cm³/mol. The van der Waals surface area contributed by atoms with Crippen LogP contribution in [0.1, 0.15) is 17.5 Å². The first-order valence-electron chi connectivity index (χ1n) is 7.06. The highest BCUT2D eigenvalue weighted by molar-refractivity contribution is 5.83.